The lowest BCUT2D eigenvalue weighted by Gasteiger charge is -2.06. The van der Waals surface area contributed by atoms with E-state index in [-0.39, 0.29) is 10.9 Å². The third-order valence-corrected chi connectivity index (χ3v) is 2.77. The molecule has 0 saturated heterocycles. The number of pyridine rings is 3. The Labute approximate surface area is 113 Å². The third-order valence-electron chi connectivity index (χ3n) is 2.50. The van der Waals surface area contributed by atoms with Crippen molar-refractivity contribution in [1.82, 2.24) is 15.0 Å². The summed E-state index contributed by atoms with van der Waals surface area (Å²) in [6.45, 7) is 0. The van der Waals surface area contributed by atoms with E-state index in [1.54, 1.807) is 36.7 Å². The van der Waals surface area contributed by atoms with Gasteiger partial charge in [0.05, 0.1) is 12.4 Å². The van der Waals surface area contributed by atoms with Gasteiger partial charge in [0, 0.05) is 17.6 Å². The van der Waals surface area contributed by atoms with Crippen molar-refractivity contribution in [3.05, 3.63) is 48.0 Å². The summed E-state index contributed by atoms with van der Waals surface area (Å²) in [6, 6.07) is 6.85. The van der Waals surface area contributed by atoms with Crippen LogP contribution in [0.25, 0.3) is 10.9 Å². The maximum atomic E-state index is 9.66. The van der Waals surface area contributed by atoms with Crippen LogP contribution in [-0.4, -0.2) is 20.1 Å². The molecule has 0 radical (unpaired) electrons. The number of hydrogen-bond donors (Lipinski definition) is 1. The Morgan fingerprint density at radius 3 is 2.84 bits per heavy atom. The summed E-state index contributed by atoms with van der Waals surface area (Å²) in [5, 5.41) is 10.4. The molecule has 0 aliphatic carbocycles. The molecule has 0 saturated carbocycles. The fourth-order valence-electron chi connectivity index (χ4n) is 1.64. The van der Waals surface area contributed by atoms with Crippen LogP contribution < -0.4 is 4.74 Å². The van der Waals surface area contributed by atoms with Gasteiger partial charge >= 0.3 is 0 Å². The molecule has 0 aliphatic heterocycles. The summed E-state index contributed by atoms with van der Waals surface area (Å²) < 4.78 is 5.54. The SMILES string of the molecule is Oc1cnc(Cl)c2nc(Oc3cccnc3)ccc12. The van der Waals surface area contributed by atoms with Crippen molar-refractivity contribution in [1.29, 1.82) is 0 Å². The molecule has 0 atom stereocenters. The van der Waals surface area contributed by atoms with Crippen molar-refractivity contribution in [3.63, 3.8) is 0 Å². The van der Waals surface area contributed by atoms with Crippen molar-refractivity contribution in [2.45, 2.75) is 0 Å². The maximum absolute atomic E-state index is 9.66. The van der Waals surface area contributed by atoms with Gasteiger partial charge in [-0.15, -0.1) is 0 Å². The minimum absolute atomic E-state index is 0.0276. The highest BCUT2D eigenvalue weighted by Gasteiger charge is 2.08. The number of nitrogens with zero attached hydrogens (tertiary/aromatic N) is 3. The van der Waals surface area contributed by atoms with Crippen molar-refractivity contribution in [2.24, 2.45) is 0 Å². The van der Waals surface area contributed by atoms with Gasteiger partial charge < -0.3 is 9.84 Å². The lowest BCUT2D eigenvalue weighted by Crippen LogP contribution is -1.90. The fourth-order valence-corrected chi connectivity index (χ4v) is 1.83. The molecular weight excluding hydrogens is 266 g/mol. The molecule has 94 valence electrons. The lowest BCUT2D eigenvalue weighted by atomic mass is 10.2. The first-order valence-electron chi connectivity index (χ1n) is 5.46. The lowest BCUT2D eigenvalue weighted by molar-refractivity contribution is 0.462. The highest BCUT2D eigenvalue weighted by molar-refractivity contribution is 6.33. The second-order valence-electron chi connectivity index (χ2n) is 3.77. The molecule has 6 heteroatoms. The molecule has 0 bridgehead atoms. The summed E-state index contributed by atoms with van der Waals surface area (Å²) in [6.07, 6.45) is 4.52. The zero-order valence-electron chi connectivity index (χ0n) is 9.62. The molecule has 3 heterocycles. The predicted octanol–water partition coefficient (Wildman–Crippen LogP) is 3.18. The first kappa shape index (κ1) is 11.7. The van der Waals surface area contributed by atoms with E-state index in [4.69, 9.17) is 16.3 Å². The number of halogens is 1. The van der Waals surface area contributed by atoms with Crippen molar-refractivity contribution in [2.75, 3.05) is 0 Å². The molecule has 3 aromatic rings. The molecule has 0 unspecified atom stereocenters. The molecule has 3 aromatic heterocycles. The van der Waals surface area contributed by atoms with E-state index in [9.17, 15) is 5.11 Å². The van der Waals surface area contributed by atoms with Crippen LogP contribution in [0.2, 0.25) is 5.15 Å². The number of aromatic hydroxyl groups is 1. The molecule has 19 heavy (non-hydrogen) atoms. The maximum Gasteiger partial charge on any atom is 0.219 e. The zero-order valence-corrected chi connectivity index (χ0v) is 10.4. The summed E-state index contributed by atoms with van der Waals surface area (Å²) in [4.78, 5) is 12.0. The van der Waals surface area contributed by atoms with Gasteiger partial charge in [-0.3, -0.25) is 4.98 Å². The molecule has 0 aromatic carbocycles. The predicted molar refractivity (Wildman–Crippen MR) is 70.5 cm³/mol. The molecular formula is C13H8ClN3O2. The summed E-state index contributed by atoms with van der Waals surface area (Å²) in [5.41, 5.74) is 0.392. The van der Waals surface area contributed by atoms with Gasteiger partial charge in [0.2, 0.25) is 5.88 Å². The smallest absolute Gasteiger partial charge is 0.219 e. The highest BCUT2D eigenvalue weighted by Crippen LogP contribution is 2.30. The number of hydrogen-bond acceptors (Lipinski definition) is 5. The van der Waals surface area contributed by atoms with E-state index in [0.29, 0.717) is 22.5 Å². The van der Waals surface area contributed by atoms with E-state index in [1.165, 1.54) is 6.20 Å². The molecule has 1 N–H and O–H groups in total. The van der Waals surface area contributed by atoms with Crippen LogP contribution in [0.15, 0.2) is 42.9 Å². The largest absolute Gasteiger partial charge is 0.506 e. The Morgan fingerprint density at radius 1 is 1.16 bits per heavy atom. The van der Waals surface area contributed by atoms with E-state index in [2.05, 4.69) is 15.0 Å². The van der Waals surface area contributed by atoms with Gasteiger partial charge in [0.15, 0.2) is 5.15 Å². The Morgan fingerprint density at radius 2 is 2.05 bits per heavy atom. The second kappa shape index (κ2) is 4.70. The molecule has 3 rings (SSSR count). The third kappa shape index (κ3) is 2.28. The highest BCUT2D eigenvalue weighted by atomic mass is 35.5. The first-order chi connectivity index (χ1) is 9.24. The van der Waals surface area contributed by atoms with Gasteiger partial charge in [-0.1, -0.05) is 11.6 Å². The zero-order chi connectivity index (χ0) is 13.2. The van der Waals surface area contributed by atoms with E-state index in [0.717, 1.165) is 0 Å². The summed E-state index contributed by atoms with van der Waals surface area (Å²) in [7, 11) is 0. The quantitative estimate of drug-likeness (QED) is 0.726. The molecule has 0 amide bonds. The second-order valence-corrected chi connectivity index (χ2v) is 4.13. The Bertz CT molecular complexity index is 735. The Hall–Kier alpha value is -2.40. The fraction of sp³-hybridized carbons (Fsp3) is 0. The normalized spacial score (nSPS) is 10.6. The van der Waals surface area contributed by atoms with E-state index >= 15 is 0 Å². The number of rotatable bonds is 2. The average molecular weight is 274 g/mol. The number of ether oxygens (including phenoxy) is 1. The summed E-state index contributed by atoms with van der Waals surface area (Å²) in [5.74, 6) is 0.952. The van der Waals surface area contributed by atoms with Crippen LogP contribution in [0.1, 0.15) is 0 Å². The van der Waals surface area contributed by atoms with Gasteiger partial charge in [-0.25, -0.2) is 9.97 Å². The van der Waals surface area contributed by atoms with Crippen molar-refractivity contribution >= 4 is 22.5 Å². The summed E-state index contributed by atoms with van der Waals surface area (Å²) >= 11 is 5.95. The standard InChI is InChI=1S/C13H8ClN3O2/c14-13-12-9(10(18)7-16-13)3-4-11(17-12)19-8-2-1-5-15-6-8/h1-7,18H. The molecule has 0 fully saturated rings. The topological polar surface area (TPSA) is 68.1 Å². The van der Waals surface area contributed by atoms with Crippen LogP contribution in [0.3, 0.4) is 0 Å². The Balaban J connectivity index is 2.05. The molecule has 5 nitrogen and oxygen atoms in total. The van der Waals surface area contributed by atoms with E-state index < -0.39 is 0 Å². The van der Waals surface area contributed by atoms with Crippen LogP contribution in [0, 0.1) is 0 Å². The minimum atomic E-state index is 0.0276. The van der Waals surface area contributed by atoms with Gasteiger partial charge in [0.25, 0.3) is 0 Å². The monoisotopic (exact) mass is 273 g/mol. The average Bonchev–Trinajstić information content (AvgIpc) is 2.44. The van der Waals surface area contributed by atoms with Crippen LogP contribution in [0.4, 0.5) is 0 Å². The van der Waals surface area contributed by atoms with Gasteiger partial charge in [-0.2, -0.15) is 0 Å². The minimum Gasteiger partial charge on any atom is -0.506 e. The van der Waals surface area contributed by atoms with Crippen LogP contribution in [0.5, 0.6) is 17.4 Å². The van der Waals surface area contributed by atoms with Gasteiger partial charge in [0.1, 0.15) is 17.0 Å². The Kier molecular flexibility index (Phi) is 2.89. The van der Waals surface area contributed by atoms with E-state index in [1.807, 2.05) is 0 Å². The number of aromatic nitrogens is 3. The molecule has 0 spiro atoms. The van der Waals surface area contributed by atoms with Gasteiger partial charge in [-0.05, 0) is 18.2 Å². The number of fused-ring (bicyclic) bond motifs is 1. The van der Waals surface area contributed by atoms with Crippen molar-refractivity contribution in [3.8, 4) is 17.4 Å². The molecule has 0 aliphatic rings. The van der Waals surface area contributed by atoms with Crippen LogP contribution in [-0.2, 0) is 0 Å². The van der Waals surface area contributed by atoms with Crippen molar-refractivity contribution < 1.29 is 9.84 Å². The van der Waals surface area contributed by atoms with Crippen LogP contribution >= 0.6 is 11.6 Å². The first-order valence-corrected chi connectivity index (χ1v) is 5.84.